The summed E-state index contributed by atoms with van der Waals surface area (Å²) >= 11 is 1.70. The topological polar surface area (TPSA) is 95.5 Å². The predicted octanol–water partition coefficient (Wildman–Crippen LogP) is 3.45. The highest BCUT2D eigenvalue weighted by atomic mass is 32.2. The number of aromatic nitrogens is 2. The van der Waals surface area contributed by atoms with Crippen molar-refractivity contribution in [2.75, 3.05) is 31.2 Å². The smallest absolute Gasteiger partial charge is 0.255 e. The van der Waals surface area contributed by atoms with Crippen molar-refractivity contribution >= 4 is 33.2 Å². The molecule has 2 fully saturated rings. The van der Waals surface area contributed by atoms with Gasteiger partial charge in [-0.3, -0.25) is 4.79 Å². The summed E-state index contributed by atoms with van der Waals surface area (Å²) in [6.07, 6.45) is 6.58. The van der Waals surface area contributed by atoms with Crippen molar-refractivity contribution in [1.29, 1.82) is 0 Å². The van der Waals surface area contributed by atoms with E-state index in [4.69, 9.17) is 4.98 Å². The second-order valence-corrected chi connectivity index (χ2v) is 12.8. The van der Waals surface area contributed by atoms with Crippen LogP contribution in [0.3, 0.4) is 0 Å². The van der Waals surface area contributed by atoms with Crippen molar-refractivity contribution in [2.24, 2.45) is 5.92 Å². The number of anilines is 1. The summed E-state index contributed by atoms with van der Waals surface area (Å²) in [5.74, 6) is 1.06. The number of fused-ring (bicyclic) bond motifs is 3. The highest BCUT2D eigenvalue weighted by molar-refractivity contribution is 7.88. The molecule has 5 rings (SSSR count). The Morgan fingerprint density at radius 2 is 1.97 bits per heavy atom. The summed E-state index contributed by atoms with van der Waals surface area (Å²) in [6, 6.07) is 2.15. The summed E-state index contributed by atoms with van der Waals surface area (Å²) in [5.41, 5.74) is 2.49. The lowest BCUT2D eigenvalue weighted by Gasteiger charge is -2.36. The molecular formula is C23H31N5O3S2. The SMILES string of the molecule is Cc1cnc(NC2CCN(S(C)(=O)=O)CC2)nc1-c1cc2c(s1)[C@@]1(C(C)C)CCCN1C2=O. The molecule has 0 aromatic carbocycles. The molecule has 33 heavy (non-hydrogen) atoms. The van der Waals surface area contributed by atoms with Gasteiger partial charge in [0.05, 0.1) is 27.9 Å². The first-order valence-corrected chi connectivity index (χ1v) is 14.3. The lowest BCUT2D eigenvalue weighted by molar-refractivity contribution is 0.0567. The molecule has 0 aliphatic carbocycles. The van der Waals surface area contributed by atoms with Crippen LogP contribution >= 0.6 is 11.3 Å². The average Bonchev–Trinajstić information content (AvgIpc) is 3.43. The van der Waals surface area contributed by atoms with E-state index in [1.165, 1.54) is 15.4 Å². The third-order valence-electron chi connectivity index (χ3n) is 7.44. The van der Waals surface area contributed by atoms with Crippen molar-refractivity contribution in [2.45, 2.75) is 58.0 Å². The molecule has 1 N–H and O–H groups in total. The monoisotopic (exact) mass is 489 g/mol. The van der Waals surface area contributed by atoms with E-state index in [0.717, 1.165) is 41.1 Å². The highest BCUT2D eigenvalue weighted by Crippen LogP contribution is 2.55. The Kier molecular flexibility index (Phi) is 5.53. The zero-order valence-electron chi connectivity index (χ0n) is 19.6. The largest absolute Gasteiger partial charge is 0.351 e. The van der Waals surface area contributed by atoms with Crippen molar-refractivity contribution < 1.29 is 13.2 Å². The minimum atomic E-state index is -3.15. The van der Waals surface area contributed by atoms with Crippen LogP contribution in [-0.2, 0) is 15.6 Å². The van der Waals surface area contributed by atoms with Gasteiger partial charge >= 0.3 is 0 Å². The molecule has 0 unspecified atom stereocenters. The summed E-state index contributed by atoms with van der Waals surface area (Å²) in [7, 11) is -3.15. The average molecular weight is 490 g/mol. The number of hydrogen-bond acceptors (Lipinski definition) is 7. The number of amides is 1. The first-order chi connectivity index (χ1) is 15.6. The quantitative estimate of drug-likeness (QED) is 0.691. The highest BCUT2D eigenvalue weighted by Gasteiger charge is 2.55. The van der Waals surface area contributed by atoms with Crippen molar-refractivity contribution in [3.63, 3.8) is 0 Å². The predicted molar refractivity (Wildman–Crippen MR) is 130 cm³/mol. The molecule has 0 saturated carbocycles. The number of carbonyl (C=O) groups is 1. The van der Waals surface area contributed by atoms with Gasteiger partial charge in [0.15, 0.2) is 0 Å². The summed E-state index contributed by atoms with van der Waals surface area (Å²) < 4.78 is 25.0. The van der Waals surface area contributed by atoms with Gasteiger partial charge in [-0.15, -0.1) is 11.3 Å². The van der Waals surface area contributed by atoms with E-state index < -0.39 is 10.0 Å². The molecule has 10 heteroatoms. The van der Waals surface area contributed by atoms with Crippen LogP contribution in [0, 0.1) is 12.8 Å². The first-order valence-electron chi connectivity index (χ1n) is 11.6. The van der Waals surface area contributed by atoms with E-state index in [1.807, 2.05) is 19.2 Å². The second kappa shape index (κ2) is 8.02. The number of carbonyl (C=O) groups excluding carboxylic acids is 1. The number of hydrogen-bond donors (Lipinski definition) is 1. The zero-order chi connectivity index (χ0) is 23.5. The van der Waals surface area contributed by atoms with Gasteiger partial charge in [0.25, 0.3) is 5.91 Å². The Morgan fingerprint density at radius 1 is 1.24 bits per heavy atom. The first kappa shape index (κ1) is 22.7. The fourth-order valence-electron chi connectivity index (χ4n) is 5.63. The molecule has 5 heterocycles. The van der Waals surface area contributed by atoms with E-state index >= 15 is 0 Å². The number of nitrogens with zero attached hydrogens (tertiary/aromatic N) is 4. The lowest BCUT2D eigenvalue weighted by atomic mass is 9.83. The van der Waals surface area contributed by atoms with Crippen molar-refractivity contribution in [3.8, 4) is 10.6 Å². The summed E-state index contributed by atoms with van der Waals surface area (Å²) in [5, 5.41) is 3.40. The third kappa shape index (κ3) is 3.66. The molecule has 2 saturated heterocycles. The van der Waals surface area contributed by atoms with Gasteiger partial charge in [0.2, 0.25) is 16.0 Å². The number of thiophene rings is 1. The van der Waals surface area contributed by atoms with E-state index in [2.05, 4.69) is 29.0 Å². The number of sulfonamides is 1. The minimum Gasteiger partial charge on any atom is -0.351 e. The maximum atomic E-state index is 13.2. The van der Waals surface area contributed by atoms with Crippen LogP contribution in [0.1, 0.15) is 60.3 Å². The van der Waals surface area contributed by atoms with Crippen LogP contribution in [0.15, 0.2) is 12.3 Å². The maximum absolute atomic E-state index is 13.2. The van der Waals surface area contributed by atoms with Gasteiger partial charge < -0.3 is 10.2 Å². The Hall–Kier alpha value is -2.04. The zero-order valence-corrected chi connectivity index (χ0v) is 21.2. The van der Waals surface area contributed by atoms with Crippen LogP contribution < -0.4 is 5.32 Å². The molecule has 8 nitrogen and oxygen atoms in total. The number of piperidine rings is 1. The van der Waals surface area contributed by atoms with E-state index in [1.54, 1.807) is 11.3 Å². The van der Waals surface area contributed by atoms with Crippen LogP contribution in [0.4, 0.5) is 5.95 Å². The molecule has 1 atom stereocenters. The van der Waals surface area contributed by atoms with E-state index in [9.17, 15) is 13.2 Å². The molecule has 178 valence electrons. The molecule has 3 aliphatic heterocycles. The summed E-state index contributed by atoms with van der Waals surface area (Å²) in [4.78, 5) is 26.8. The molecule has 3 aliphatic rings. The molecule has 0 spiro atoms. The molecule has 0 radical (unpaired) electrons. The Bertz CT molecular complexity index is 1200. The maximum Gasteiger partial charge on any atom is 0.255 e. The van der Waals surface area contributed by atoms with Crippen molar-refractivity contribution in [1.82, 2.24) is 19.2 Å². The fraction of sp³-hybridized carbons (Fsp3) is 0.609. The van der Waals surface area contributed by atoms with Crippen LogP contribution in [0.2, 0.25) is 0 Å². The summed E-state index contributed by atoms with van der Waals surface area (Å²) in [6.45, 7) is 8.27. The number of aryl methyl sites for hydroxylation is 1. The number of rotatable bonds is 5. The van der Waals surface area contributed by atoms with Gasteiger partial charge in [-0.25, -0.2) is 22.7 Å². The molecule has 1 amide bonds. The fourth-order valence-corrected chi connectivity index (χ4v) is 8.09. The van der Waals surface area contributed by atoms with Crippen molar-refractivity contribution in [3.05, 3.63) is 28.3 Å². The van der Waals surface area contributed by atoms with Gasteiger partial charge in [0.1, 0.15) is 0 Å². The Labute approximate surface area is 199 Å². The standard InChI is InChI=1S/C23H31N5O3S2/c1-14(2)23-8-5-9-28(23)21(29)17-12-18(32-20(17)23)19-15(3)13-24-22(26-19)25-16-6-10-27(11-7-16)33(4,30)31/h12-14,16H,5-11H2,1-4H3,(H,24,25,26)/t23-/m0/s1. The Morgan fingerprint density at radius 3 is 2.64 bits per heavy atom. The molecular weight excluding hydrogens is 458 g/mol. The van der Waals surface area contributed by atoms with Crippen LogP contribution in [-0.4, -0.2) is 65.4 Å². The minimum absolute atomic E-state index is 0.129. The Balaban J connectivity index is 1.40. The molecule has 2 aromatic rings. The normalized spacial score (nSPS) is 23.9. The molecule has 2 aromatic heterocycles. The van der Waals surface area contributed by atoms with Crippen LogP contribution in [0.5, 0.6) is 0 Å². The van der Waals surface area contributed by atoms with Gasteiger partial charge in [-0.05, 0) is 50.2 Å². The lowest BCUT2D eigenvalue weighted by Crippen LogP contribution is -2.42. The van der Waals surface area contributed by atoms with Crippen LogP contribution in [0.25, 0.3) is 10.6 Å². The van der Waals surface area contributed by atoms with Gasteiger partial charge in [0, 0.05) is 36.8 Å². The number of nitrogens with one attached hydrogen (secondary N) is 1. The molecule has 0 bridgehead atoms. The van der Waals surface area contributed by atoms with Gasteiger partial charge in [-0.1, -0.05) is 13.8 Å². The third-order valence-corrected chi connectivity index (χ3v) is 10.1. The van der Waals surface area contributed by atoms with Gasteiger partial charge in [-0.2, -0.15) is 0 Å². The second-order valence-electron chi connectivity index (χ2n) is 9.80. The van der Waals surface area contributed by atoms with E-state index in [-0.39, 0.29) is 17.5 Å². The van der Waals surface area contributed by atoms with E-state index in [0.29, 0.717) is 37.8 Å².